The Morgan fingerprint density at radius 2 is 2.03 bits per heavy atom. The summed E-state index contributed by atoms with van der Waals surface area (Å²) in [6.07, 6.45) is 1.38. The predicted octanol–water partition coefficient (Wildman–Crippen LogP) is 3.64. The molecule has 3 rings (SSSR count). The van der Waals surface area contributed by atoms with Gasteiger partial charge in [-0.25, -0.2) is 18.9 Å². The van der Waals surface area contributed by atoms with Crippen LogP contribution >= 0.6 is 15.9 Å². The number of carbonyl (C=O) groups is 2. The van der Waals surface area contributed by atoms with Crippen LogP contribution in [-0.4, -0.2) is 33.6 Å². The Kier molecular flexibility index (Phi) is 5.70. The van der Waals surface area contributed by atoms with Gasteiger partial charge in [0.1, 0.15) is 10.3 Å². The monoisotopic (exact) mass is 456 g/mol. The van der Waals surface area contributed by atoms with Crippen LogP contribution in [0.3, 0.4) is 0 Å². The number of rotatable bonds is 4. The molecule has 0 saturated carbocycles. The molecular weight excluding hydrogens is 443 g/mol. The molecule has 0 aliphatic carbocycles. The van der Waals surface area contributed by atoms with E-state index in [1.165, 1.54) is 37.5 Å². The van der Waals surface area contributed by atoms with Gasteiger partial charge in [-0.2, -0.15) is 5.10 Å². The van der Waals surface area contributed by atoms with Crippen molar-refractivity contribution in [3.63, 3.8) is 0 Å². The van der Waals surface area contributed by atoms with E-state index in [1.807, 2.05) is 0 Å². The van der Waals surface area contributed by atoms with Crippen molar-refractivity contribution in [2.45, 2.75) is 6.92 Å². The Morgan fingerprint density at radius 3 is 2.69 bits per heavy atom. The zero-order valence-electron chi connectivity index (χ0n) is 15.3. The maximum absolute atomic E-state index is 14.2. The summed E-state index contributed by atoms with van der Waals surface area (Å²) >= 11 is 3.18. The maximum atomic E-state index is 14.2. The SMILES string of the molecule is [C-]#[N+]c1cc(C)c(NC(=O)c2cc(Br)nn2-c2ncccc2F)c(C(=O)NC)c1. The van der Waals surface area contributed by atoms with Gasteiger partial charge in [-0.15, -0.1) is 0 Å². The molecule has 0 unspecified atom stereocenters. The lowest BCUT2D eigenvalue weighted by molar-refractivity contribution is 0.0964. The Hall–Kier alpha value is -3.58. The number of amides is 2. The van der Waals surface area contributed by atoms with Crippen LogP contribution in [0.5, 0.6) is 0 Å². The van der Waals surface area contributed by atoms with E-state index >= 15 is 0 Å². The highest BCUT2D eigenvalue weighted by molar-refractivity contribution is 9.10. The molecule has 3 aromatic rings. The fourth-order valence-electron chi connectivity index (χ4n) is 2.70. The molecule has 0 radical (unpaired) electrons. The predicted molar refractivity (Wildman–Crippen MR) is 108 cm³/mol. The van der Waals surface area contributed by atoms with Crippen molar-refractivity contribution in [2.75, 3.05) is 12.4 Å². The summed E-state index contributed by atoms with van der Waals surface area (Å²) in [4.78, 5) is 32.5. The van der Waals surface area contributed by atoms with Crippen molar-refractivity contribution in [3.05, 3.63) is 75.2 Å². The fourth-order valence-corrected chi connectivity index (χ4v) is 3.07. The number of anilines is 1. The van der Waals surface area contributed by atoms with Gasteiger partial charge in [-0.1, -0.05) is 6.07 Å². The number of pyridine rings is 1. The van der Waals surface area contributed by atoms with Crippen LogP contribution in [0, 0.1) is 19.3 Å². The van der Waals surface area contributed by atoms with Crippen LogP contribution in [-0.2, 0) is 0 Å². The molecule has 0 bridgehead atoms. The Morgan fingerprint density at radius 1 is 1.28 bits per heavy atom. The van der Waals surface area contributed by atoms with Crippen molar-refractivity contribution in [1.29, 1.82) is 0 Å². The van der Waals surface area contributed by atoms with E-state index in [2.05, 4.69) is 41.5 Å². The molecule has 8 nitrogen and oxygen atoms in total. The van der Waals surface area contributed by atoms with E-state index in [4.69, 9.17) is 6.57 Å². The normalized spacial score (nSPS) is 10.3. The lowest BCUT2D eigenvalue weighted by Gasteiger charge is -2.14. The second-order valence-corrected chi connectivity index (χ2v) is 6.72. The third kappa shape index (κ3) is 4.00. The van der Waals surface area contributed by atoms with Crippen LogP contribution in [0.2, 0.25) is 0 Å². The number of aryl methyl sites for hydroxylation is 1. The minimum Gasteiger partial charge on any atom is -0.355 e. The van der Waals surface area contributed by atoms with E-state index in [0.29, 0.717) is 10.2 Å². The van der Waals surface area contributed by atoms with Crippen LogP contribution in [0.4, 0.5) is 15.8 Å². The molecule has 2 heterocycles. The van der Waals surface area contributed by atoms with Crippen LogP contribution in [0.1, 0.15) is 26.4 Å². The van der Waals surface area contributed by atoms with Crippen molar-refractivity contribution < 1.29 is 14.0 Å². The van der Waals surface area contributed by atoms with Gasteiger partial charge < -0.3 is 10.6 Å². The van der Waals surface area contributed by atoms with Gasteiger partial charge in [0.05, 0.1) is 17.8 Å². The number of carbonyl (C=O) groups excluding carboxylic acids is 2. The Labute approximate surface area is 173 Å². The zero-order valence-corrected chi connectivity index (χ0v) is 16.9. The highest BCUT2D eigenvalue weighted by atomic mass is 79.9. The molecule has 0 aliphatic rings. The summed E-state index contributed by atoms with van der Waals surface area (Å²) in [5, 5.41) is 9.23. The van der Waals surface area contributed by atoms with Crippen molar-refractivity contribution >= 4 is 39.1 Å². The first kappa shape index (κ1) is 20.2. The average molecular weight is 457 g/mol. The molecule has 0 atom stereocenters. The van der Waals surface area contributed by atoms with Gasteiger partial charge in [0.2, 0.25) is 0 Å². The molecule has 2 aromatic heterocycles. The molecule has 2 amide bonds. The fraction of sp³-hybridized carbons (Fsp3) is 0.105. The number of nitrogens with zero attached hydrogens (tertiary/aromatic N) is 4. The van der Waals surface area contributed by atoms with E-state index in [0.717, 1.165) is 4.68 Å². The summed E-state index contributed by atoms with van der Waals surface area (Å²) in [6, 6.07) is 6.98. The molecule has 10 heteroatoms. The van der Waals surface area contributed by atoms with Gasteiger partial charge in [-0.3, -0.25) is 9.59 Å². The van der Waals surface area contributed by atoms with Gasteiger partial charge in [0.25, 0.3) is 11.8 Å². The zero-order chi connectivity index (χ0) is 21.1. The highest BCUT2D eigenvalue weighted by Crippen LogP contribution is 2.28. The number of benzene rings is 1. The molecule has 0 fully saturated rings. The third-order valence-electron chi connectivity index (χ3n) is 4.01. The minimum absolute atomic E-state index is 0.00554. The van der Waals surface area contributed by atoms with Crippen molar-refractivity contribution in [2.24, 2.45) is 0 Å². The van der Waals surface area contributed by atoms with Crippen LogP contribution in [0.15, 0.2) is 41.1 Å². The van der Waals surface area contributed by atoms with Gasteiger partial charge in [0.15, 0.2) is 17.3 Å². The van der Waals surface area contributed by atoms with Gasteiger partial charge in [-0.05, 0) is 46.6 Å². The number of hydrogen-bond acceptors (Lipinski definition) is 4. The third-order valence-corrected chi connectivity index (χ3v) is 4.40. The first-order valence-corrected chi connectivity index (χ1v) is 9.07. The van der Waals surface area contributed by atoms with Gasteiger partial charge in [0, 0.05) is 19.3 Å². The lowest BCUT2D eigenvalue weighted by Crippen LogP contribution is -2.23. The van der Waals surface area contributed by atoms with Crippen LogP contribution < -0.4 is 10.6 Å². The molecule has 1 aromatic carbocycles. The van der Waals surface area contributed by atoms with E-state index in [9.17, 15) is 14.0 Å². The van der Waals surface area contributed by atoms with Crippen LogP contribution in [0.25, 0.3) is 10.7 Å². The Balaban J connectivity index is 2.06. The van der Waals surface area contributed by atoms with Crippen molar-refractivity contribution in [3.8, 4) is 5.82 Å². The molecule has 29 heavy (non-hydrogen) atoms. The summed E-state index contributed by atoms with van der Waals surface area (Å²) in [6.45, 7) is 8.84. The second kappa shape index (κ2) is 8.20. The maximum Gasteiger partial charge on any atom is 0.274 e. The number of aromatic nitrogens is 3. The first-order chi connectivity index (χ1) is 13.8. The summed E-state index contributed by atoms with van der Waals surface area (Å²) < 4.78 is 15.5. The number of halogens is 2. The summed E-state index contributed by atoms with van der Waals surface area (Å²) in [5.41, 5.74) is 1.18. The van der Waals surface area contributed by atoms with Gasteiger partial charge >= 0.3 is 0 Å². The molecule has 146 valence electrons. The largest absolute Gasteiger partial charge is 0.355 e. The molecule has 2 N–H and O–H groups in total. The molecule has 0 aliphatic heterocycles. The first-order valence-electron chi connectivity index (χ1n) is 8.27. The van der Waals surface area contributed by atoms with E-state index in [1.54, 1.807) is 13.0 Å². The standard InChI is InChI=1S/C19H14BrFN6O2/c1-10-7-11(22-2)8-12(18(28)23-3)16(10)25-19(29)14-9-15(20)26-27(14)17-13(21)5-4-6-24-17/h4-9H,1,3H3,(H,23,28)(H,25,29). The molecule has 0 saturated heterocycles. The smallest absolute Gasteiger partial charge is 0.274 e. The second-order valence-electron chi connectivity index (χ2n) is 5.90. The average Bonchev–Trinajstić information content (AvgIpc) is 3.10. The van der Waals surface area contributed by atoms with E-state index in [-0.39, 0.29) is 28.5 Å². The summed E-state index contributed by atoms with van der Waals surface area (Å²) in [5.74, 6) is -1.88. The minimum atomic E-state index is -0.652. The topological polar surface area (TPSA) is 93.3 Å². The summed E-state index contributed by atoms with van der Waals surface area (Å²) in [7, 11) is 1.45. The molecule has 0 spiro atoms. The Bertz CT molecular complexity index is 1170. The highest BCUT2D eigenvalue weighted by Gasteiger charge is 2.22. The number of hydrogen-bond donors (Lipinski definition) is 2. The van der Waals surface area contributed by atoms with E-state index < -0.39 is 17.6 Å². The lowest BCUT2D eigenvalue weighted by atomic mass is 10.1. The number of nitrogens with one attached hydrogen (secondary N) is 2. The molecular formula is C19H14BrFN6O2. The quantitative estimate of drug-likeness (QED) is 0.586. The van der Waals surface area contributed by atoms with Crippen molar-refractivity contribution in [1.82, 2.24) is 20.1 Å².